The van der Waals surface area contributed by atoms with Crippen LogP contribution in [0.2, 0.25) is 10.0 Å². The maximum Gasteiger partial charge on any atom is 0.238 e. The quantitative estimate of drug-likeness (QED) is 0.191. The zero-order chi connectivity index (χ0) is 31.4. The summed E-state index contributed by atoms with van der Waals surface area (Å²) in [6.07, 6.45) is 3.02. The van der Waals surface area contributed by atoms with E-state index in [1.54, 1.807) is 43.5 Å². The SMILES string of the molecule is Cc1ccc(Nc2nccc(N(C)c3ccc4c(c3)nc(NC(=O)C3(c5ccc(Cl)c(Cl)c5)CC3)n4C)n2)cc1S(N)(=O)=O. The molecule has 226 valence electrons. The number of nitrogens with zero attached hydrogens (tertiary/aromatic N) is 5. The number of fused-ring (bicyclic) bond motifs is 1. The van der Waals surface area contributed by atoms with Crippen molar-refractivity contribution >= 4 is 79.3 Å². The molecule has 0 bridgehead atoms. The number of aryl methyl sites for hydroxylation is 2. The number of carbonyl (C=O) groups is 1. The number of primary sulfonamides is 1. The molecule has 5 aromatic rings. The van der Waals surface area contributed by atoms with Gasteiger partial charge in [-0.2, -0.15) is 4.98 Å². The zero-order valence-electron chi connectivity index (χ0n) is 24.0. The highest BCUT2D eigenvalue weighted by Crippen LogP contribution is 2.50. The maximum atomic E-state index is 13.4. The van der Waals surface area contributed by atoms with Crippen molar-refractivity contribution in [3.8, 4) is 0 Å². The van der Waals surface area contributed by atoms with Gasteiger partial charge in [0.15, 0.2) is 0 Å². The summed E-state index contributed by atoms with van der Waals surface area (Å²) < 4.78 is 25.7. The summed E-state index contributed by atoms with van der Waals surface area (Å²) >= 11 is 12.3. The molecular formula is C30H28Cl2N8O3S. The summed E-state index contributed by atoms with van der Waals surface area (Å²) in [5, 5.41) is 12.3. The number of rotatable bonds is 8. The predicted molar refractivity (Wildman–Crippen MR) is 173 cm³/mol. The fourth-order valence-electron chi connectivity index (χ4n) is 5.14. The Kier molecular flexibility index (Phi) is 7.49. The summed E-state index contributed by atoms with van der Waals surface area (Å²) in [6, 6.07) is 17.7. The molecule has 11 nitrogen and oxygen atoms in total. The number of aromatic nitrogens is 4. The molecule has 6 rings (SSSR count). The van der Waals surface area contributed by atoms with Gasteiger partial charge in [-0.1, -0.05) is 35.3 Å². The van der Waals surface area contributed by atoms with Gasteiger partial charge in [0.05, 0.1) is 31.4 Å². The van der Waals surface area contributed by atoms with E-state index in [1.807, 2.05) is 47.8 Å². The summed E-state index contributed by atoms with van der Waals surface area (Å²) in [4.78, 5) is 28.9. The third kappa shape index (κ3) is 5.57. The first-order valence-corrected chi connectivity index (χ1v) is 15.9. The normalized spacial score (nSPS) is 14.0. The minimum atomic E-state index is -3.88. The van der Waals surface area contributed by atoms with Crippen LogP contribution in [-0.4, -0.2) is 40.9 Å². The van der Waals surface area contributed by atoms with Gasteiger partial charge in [-0.3, -0.25) is 10.1 Å². The number of amides is 1. The molecule has 44 heavy (non-hydrogen) atoms. The lowest BCUT2D eigenvalue weighted by Gasteiger charge is -2.19. The maximum absolute atomic E-state index is 13.4. The molecule has 0 radical (unpaired) electrons. The highest BCUT2D eigenvalue weighted by atomic mass is 35.5. The molecule has 0 aliphatic heterocycles. The lowest BCUT2D eigenvalue weighted by Crippen LogP contribution is -2.29. The smallest absolute Gasteiger partial charge is 0.238 e. The Morgan fingerprint density at radius 3 is 2.50 bits per heavy atom. The van der Waals surface area contributed by atoms with Gasteiger partial charge in [0, 0.05) is 31.7 Å². The molecule has 0 spiro atoms. The van der Waals surface area contributed by atoms with Crippen molar-refractivity contribution in [3.05, 3.63) is 88.0 Å². The van der Waals surface area contributed by atoms with Crippen molar-refractivity contribution in [1.82, 2.24) is 19.5 Å². The fraction of sp³-hybridized carbons (Fsp3) is 0.200. The van der Waals surface area contributed by atoms with Gasteiger partial charge in [0.25, 0.3) is 0 Å². The van der Waals surface area contributed by atoms with E-state index in [1.165, 1.54) is 6.07 Å². The van der Waals surface area contributed by atoms with Crippen LogP contribution in [0.3, 0.4) is 0 Å². The van der Waals surface area contributed by atoms with E-state index in [2.05, 4.69) is 20.6 Å². The van der Waals surface area contributed by atoms with E-state index in [9.17, 15) is 13.2 Å². The van der Waals surface area contributed by atoms with Gasteiger partial charge >= 0.3 is 0 Å². The second-order valence-electron chi connectivity index (χ2n) is 10.8. The predicted octanol–water partition coefficient (Wildman–Crippen LogP) is 5.81. The van der Waals surface area contributed by atoms with E-state index < -0.39 is 15.4 Å². The lowest BCUT2D eigenvalue weighted by molar-refractivity contribution is -0.118. The summed E-state index contributed by atoms with van der Waals surface area (Å²) in [7, 11) is -0.173. The molecular weight excluding hydrogens is 623 g/mol. The first-order valence-electron chi connectivity index (χ1n) is 13.6. The van der Waals surface area contributed by atoms with Crippen LogP contribution in [0.25, 0.3) is 11.0 Å². The molecule has 3 aromatic carbocycles. The molecule has 0 saturated heterocycles. The Hall–Kier alpha value is -4.23. The number of carbonyl (C=O) groups excluding carboxylic acids is 1. The number of hydrogen-bond acceptors (Lipinski definition) is 8. The first kappa shape index (κ1) is 29.8. The molecule has 4 N–H and O–H groups in total. The second-order valence-corrected chi connectivity index (χ2v) is 13.1. The number of benzene rings is 3. The Balaban J connectivity index is 1.22. The number of halogens is 2. The van der Waals surface area contributed by atoms with Crippen LogP contribution < -0.4 is 20.7 Å². The molecule has 1 aliphatic carbocycles. The van der Waals surface area contributed by atoms with Crippen molar-refractivity contribution in [3.63, 3.8) is 0 Å². The standard InChI is InChI=1S/C30H28Cl2N8O3S/c1-17-4-6-19(15-25(17)44(33,42)43)35-28-34-13-10-26(37-28)39(2)20-7-9-24-23(16-20)36-29(40(24)3)38-27(41)30(11-12-30)18-5-8-21(31)22(32)14-18/h4-10,13-16H,11-12H2,1-3H3,(H2,33,42,43)(H,34,35,37)(H,36,38,41). The molecule has 14 heteroatoms. The monoisotopic (exact) mass is 650 g/mol. The third-order valence-corrected chi connectivity index (χ3v) is 9.66. The van der Waals surface area contributed by atoms with Crippen LogP contribution in [0.15, 0.2) is 71.8 Å². The summed E-state index contributed by atoms with van der Waals surface area (Å²) in [6.45, 7) is 1.67. The molecule has 1 aliphatic rings. The van der Waals surface area contributed by atoms with Gasteiger partial charge in [-0.15, -0.1) is 0 Å². The topological polar surface area (TPSA) is 148 Å². The molecule has 0 unspecified atom stereocenters. The number of nitrogens with two attached hydrogens (primary N) is 1. The van der Waals surface area contributed by atoms with Crippen molar-refractivity contribution in [1.29, 1.82) is 0 Å². The number of anilines is 5. The van der Waals surface area contributed by atoms with Crippen LogP contribution in [0.5, 0.6) is 0 Å². The molecule has 1 saturated carbocycles. The van der Waals surface area contributed by atoms with Gasteiger partial charge in [-0.25, -0.2) is 23.5 Å². The van der Waals surface area contributed by atoms with Crippen LogP contribution in [-0.2, 0) is 27.3 Å². The molecule has 2 aromatic heterocycles. The molecule has 2 heterocycles. The van der Waals surface area contributed by atoms with Gasteiger partial charge in [0.2, 0.25) is 27.8 Å². The highest BCUT2D eigenvalue weighted by Gasteiger charge is 2.51. The average Bonchev–Trinajstić information content (AvgIpc) is 3.74. The van der Waals surface area contributed by atoms with Crippen molar-refractivity contribution in [2.45, 2.75) is 30.1 Å². The lowest BCUT2D eigenvalue weighted by atomic mass is 9.95. The highest BCUT2D eigenvalue weighted by molar-refractivity contribution is 7.89. The first-order chi connectivity index (χ1) is 20.9. The Morgan fingerprint density at radius 1 is 1.02 bits per heavy atom. The van der Waals surface area contributed by atoms with Crippen molar-refractivity contribution in [2.75, 3.05) is 22.6 Å². The van der Waals surface area contributed by atoms with E-state index in [0.717, 1.165) is 16.8 Å². The second kappa shape index (κ2) is 11.0. The van der Waals surface area contributed by atoms with Gasteiger partial charge < -0.3 is 14.8 Å². The van der Waals surface area contributed by atoms with Gasteiger partial charge in [-0.05, 0) is 79.4 Å². The zero-order valence-corrected chi connectivity index (χ0v) is 26.3. The summed E-state index contributed by atoms with van der Waals surface area (Å²) in [5.41, 5.74) is 3.53. The minimum absolute atomic E-state index is 0.0247. The molecule has 1 amide bonds. The van der Waals surface area contributed by atoms with Crippen LogP contribution >= 0.6 is 23.2 Å². The number of hydrogen-bond donors (Lipinski definition) is 3. The number of nitrogens with one attached hydrogen (secondary N) is 2. The fourth-order valence-corrected chi connectivity index (χ4v) is 6.24. The van der Waals surface area contributed by atoms with E-state index in [0.29, 0.717) is 51.4 Å². The van der Waals surface area contributed by atoms with Crippen LogP contribution in [0, 0.1) is 6.92 Å². The van der Waals surface area contributed by atoms with E-state index in [-0.39, 0.29) is 16.8 Å². The third-order valence-electron chi connectivity index (χ3n) is 7.87. The Bertz CT molecular complexity index is 2060. The van der Waals surface area contributed by atoms with E-state index >= 15 is 0 Å². The summed E-state index contributed by atoms with van der Waals surface area (Å²) in [5.74, 6) is 1.15. The van der Waals surface area contributed by atoms with Crippen molar-refractivity contribution < 1.29 is 13.2 Å². The number of imidazole rings is 1. The van der Waals surface area contributed by atoms with E-state index in [4.69, 9.17) is 33.3 Å². The van der Waals surface area contributed by atoms with Crippen molar-refractivity contribution in [2.24, 2.45) is 12.2 Å². The Labute approximate surface area is 264 Å². The molecule has 1 fully saturated rings. The minimum Gasteiger partial charge on any atom is -0.329 e. The Morgan fingerprint density at radius 2 is 1.80 bits per heavy atom. The molecule has 0 atom stereocenters. The van der Waals surface area contributed by atoms with Gasteiger partial charge in [0.1, 0.15) is 5.82 Å². The number of sulfonamides is 1. The van der Waals surface area contributed by atoms with Crippen LogP contribution in [0.4, 0.5) is 29.1 Å². The largest absolute Gasteiger partial charge is 0.329 e. The van der Waals surface area contributed by atoms with Crippen LogP contribution in [0.1, 0.15) is 24.0 Å². The average molecular weight is 652 g/mol.